The number of rotatable bonds is 19. The smallest absolute Gasteiger partial charge is 0.508 e. The van der Waals surface area contributed by atoms with Crippen LogP contribution in [-0.4, -0.2) is 261 Å². The highest BCUT2D eigenvalue weighted by Gasteiger charge is 2.53. The number of aliphatic carboxylic acids is 1. The number of carbonyl (C=O) groups excluding carboxylic acids is 7. The van der Waals surface area contributed by atoms with E-state index in [9.17, 15) is 113 Å². The summed E-state index contributed by atoms with van der Waals surface area (Å²) >= 11 is 14.8. The van der Waals surface area contributed by atoms with Crippen LogP contribution in [0.25, 0.3) is 11.1 Å². The molecule has 0 saturated carbocycles. The Labute approximate surface area is 822 Å². The number of aliphatic hydroxyl groups is 10. The molecule has 770 valence electrons. The first-order chi connectivity index (χ1) is 68.8. The van der Waals surface area contributed by atoms with E-state index in [4.69, 9.17) is 65.8 Å². The van der Waals surface area contributed by atoms with Crippen LogP contribution < -0.4 is 81.0 Å². The van der Waals surface area contributed by atoms with Gasteiger partial charge < -0.3 is 171 Å². The van der Waals surface area contributed by atoms with E-state index >= 15 is 28.8 Å². The Bertz CT molecular complexity index is 6430. The lowest BCUT2D eigenvalue weighted by molar-refractivity contribution is -0.284. The second-order valence-corrected chi connectivity index (χ2v) is 35.2. The molecular weight excluding hydrogens is 1980 g/mol. The number of carboxylic acids is 1. The molecule has 9 aromatic carbocycles. The van der Waals surface area contributed by atoms with E-state index in [-0.39, 0.29) is 28.8 Å². The summed E-state index contributed by atoms with van der Waals surface area (Å²) in [4.78, 5) is 126. The maximum absolute atomic E-state index is 17.2. The fraction of sp³-hybridized carbons (Fsp3) is 0.340. The summed E-state index contributed by atoms with van der Waals surface area (Å²) < 4.78 is 146. The van der Waals surface area contributed by atoms with Crippen molar-refractivity contribution in [3.8, 4) is 91.6 Å². The average Bonchev–Trinajstić information content (AvgIpc) is 0.753. The summed E-state index contributed by atoms with van der Waals surface area (Å²) in [6.07, 6.45) is -40.3. The summed E-state index contributed by atoms with van der Waals surface area (Å²) in [5.41, 5.74) is -4.02. The summed E-state index contributed by atoms with van der Waals surface area (Å²) in [6.45, 7) is -3.16. The van der Waals surface area contributed by atoms with Crippen LogP contribution in [0.5, 0.6) is 80.5 Å². The predicted molar refractivity (Wildman–Crippen MR) is 478 cm³/mol. The minimum atomic E-state index is -5.13. The van der Waals surface area contributed by atoms with Gasteiger partial charge in [0.1, 0.15) is 161 Å². The molecule has 9 aliphatic heterocycles. The van der Waals surface area contributed by atoms with Gasteiger partial charge in [-0.3, -0.25) is 38.9 Å². The fourth-order valence-corrected chi connectivity index (χ4v) is 17.8. The number of amides is 7. The van der Waals surface area contributed by atoms with Gasteiger partial charge in [-0.15, -0.1) is 26.3 Å². The number of aromatic hydroxyl groups is 4. The number of alkyl halides is 6. The molecule has 9 aliphatic rings. The highest BCUT2D eigenvalue weighted by molar-refractivity contribution is 6.32. The first kappa shape index (κ1) is 104. The molecule has 17 bridgehead atoms. The van der Waals surface area contributed by atoms with Crippen molar-refractivity contribution in [3.05, 3.63) is 224 Å². The molecule has 3 fully saturated rings. The van der Waals surface area contributed by atoms with Crippen LogP contribution >= 0.6 is 23.2 Å². The Hall–Kier alpha value is -13.9. The average molecular weight is 2070 g/mol. The zero-order valence-electron chi connectivity index (χ0n) is 74.6. The van der Waals surface area contributed by atoms with Crippen LogP contribution in [0.15, 0.2) is 164 Å². The number of aliphatic hydroxyl groups excluding tert-OH is 10. The molecular formula is C94H89Cl2F6N9O34. The monoisotopic (exact) mass is 2070 g/mol. The molecule has 43 nitrogen and oxygen atoms in total. The van der Waals surface area contributed by atoms with E-state index in [0.717, 1.165) is 122 Å². The van der Waals surface area contributed by atoms with Gasteiger partial charge in [0.15, 0.2) is 35.3 Å². The van der Waals surface area contributed by atoms with Gasteiger partial charge in [0, 0.05) is 55.3 Å². The second-order valence-electron chi connectivity index (χ2n) is 34.4. The van der Waals surface area contributed by atoms with Gasteiger partial charge in [-0.25, -0.2) is 4.79 Å². The first-order valence-corrected chi connectivity index (χ1v) is 44.8. The zero-order chi connectivity index (χ0) is 104. The number of ether oxygens (including phenoxy) is 11. The lowest BCUT2D eigenvalue weighted by Gasteiger charge is -2.44. The molecule has 145 heavy (non-hydrogen) atoms. The summed E-state index contributed by atoms with van der Waals surface area (Å²) in [5, 5.41) is 194. The van der Waals surface area contributed by atoms with Gasteiger partial charge in [0.05, 0.1) is 35.9 Å². The number of hydrogen-bond donors (Lipinski definition) is 24. The van der Waals surface area contributed by atoms with E-state index in [2.05, 4.69) is 57.3 Å². The van der Waals surface area contributed by atoms with Gasteiger partial charge in [-0.05, 0) is 148 Å². The molecule has 0 aromatic heterocycles. The van der Waals surface area contributed by atoms with Crippen molar-refractivity contribution in [1.82, 2.24) is 47.9 Å². The Morgan fingerprint density at radius 2 is 0.972 bits per heavy atom. The number of hydrogen-bond acceptors (Lipinski definition) is 35. The van der Waals surface area contributed by atoms with Crippen molar-refractivity contribution in [3.63, 3.8) is 0 Å². The maximum Gasteiger partial charge on any atom is 0.573 e. The topological polar surface area (TPSA) is 650 Å². The number of halogens is 8. The molecule has 9 heterocycles. The third-order valence-electron chi connectivity index (χ3n) is 24.4. The van der Waals surface area contributed by atoms with E-state index in [1.165, 1.54) is 48.5 Å². The third kappa shape index (κ3) is 23.1. The van der Waals surface area contributed by atoms with Gasteiger partial charge in [0.2, 0.25) is 59.7 Å². The molecule has 0 spiro atoms. The third-order valence-corrected chi connectivity index (χ3v) is 25.0. The van der Waals surface area contributed by atoms with Crippen molar-refractivity contribution in [1.29, 1.82) is 0 Å². The van der Waals surface area contributed by atoms with E-state index < -0.39 is 363 Å². The van der Waals surface area contributed by atoms with E-state index in [1.807, 2.05) is 0 Å². The number of carbonyl (C=O) groups is 8. The number of phenolic OH excluding ortho intramolecular Hbond substituents is 4. The molecule has 23 atom stereocenters. The molecule has 0 aliphatic carbocycles. The SMILES string of the molecule is CC(=O)N[C@H]1[C@H](O[C@@H]2c3ccc(c(Cl)c3)Oc3cc4cc(c3O[C@@H]3O[C@H](CO)[C@@H](O)[C@H](O)[C@H]3NCc3ccc(OC(F)(F)F)cc3)Oc3ccc(cc3Cl)C[C@H]3NC(=O)[C@@H](NCc5ccc(OC(F)(F)F)cc5)c5ccc(O)c(c5)Oc5cc(O)cc(c5)[C@H](NC3=O)C(=O)N[C@H]4C(=O)N[C@H]3C(=O)N[C@@H]2C(=O)N[C@H](C(=O)O)c2cc(O)cc(O[C@H]4O[C@H](CO)[C@@H](O)[C@H](O)[C@@H]4O)c2-c2cc3ccc2O)O[C@H](CO)[C@@H](O)[C@@H]1O. The van der Waals surface area contributed by atoms with Crippen LogP contribution in [0, 0.1) is 0 Å². The second kappa shape index (κ2) is 42.8. The molecule has 24 N–H and O–H groups in total. The van der Waals surface area contributed by atoms with Crippen molar-refractivity contribution >= 4 is 70.5 Å². The van der Waals surface area contributed by atoms with Gasteiger partial charge in [-0.2, -0.15) is 0 Å². The van der Waals surface area contributed by atoms with Crippen molar-refractivity contribution in [2.75, 3.05) is 19.8 Å². The van der Waals surface area contributed by atoms with Crippen molar-refractivity contribution in [2.24, 2.45) is 0 Å². The summed E-state index contributed by atoms with van der Waals surface area (Å²) in [5.74, 6) is -21.7. The minimum absolute atomic E-state index is 0.0266. The van der Waals surface area contributed by atoms with Gasteiger partial charge in [0.25, 0.3) is 0 Å². The van der Waals surface area contributed by atoms with Crippen molar-refractivity contribution < 1.29 is 193 Å². The Balaban J connectivity index is 0.933. The number of phenols is 4. The largest absolute Gasteiger partial charge is 0.573 e. The number of fused-ring (bicyclic) bond motifs is 14. The lowest BCUT2D eigenvalue weighted by Crippen LogP contribution is -2.65. The predicted octanol–water partition coefficient (Wildman–Crippen LogP) is 3.32. The molecule has 3 saturated heterocycles. The molecule has 0 unspecified atom stereocenters. The molecule has 51 heteroatoms. The maximum atomic E-state index is 17.2. The standard InChI is InChI=1S/C94H89Cl2F6N9O34/c1-35(115)105-72-78(124)75(121)63(33-113)140-91(72)142-81-41-9-17-57(52(96)23-41)137-61-26-43-25-60(82(61)143-90-71(77(123)74(120)62(32-112)139-90)104-31-37-4-12-47(13-5-37)145-94(100,101)102)136-56-16-6-38(18-51(56)95)19-53-83(127)107-68(42-20-44(116)27-48(21-42)135-58-24-40(8-15-55(58)119)66(84(128)106-53)103-30-36-2-10-46(11-3-36)144-93(97,98)99)86(130)109-69(43)87(131)108-67-39-7-14-54(118)49(22-39)65-50(70(89(133)134)110-88(132)73(81)111-85(67)129)28-45(117)29-59(65)138-92-80(126)79(125)76(122)64(34-114)141-92/h2-18,20-29,53,62-64,66-81,90-92,103-104,112-114,116-126H,19,30-34H2,1H3,(H,105,115)(H,106,128)(H,107,127)(H,108,131)(H,109,130)(H,110,132)(H,111,129)(H,133,134)/t53-,62-,63-,64-,66+,67-,68+,69-,70+,71-,72-,73+,74-,75-,76-,77-,78-,79+,80+,81-,90+,91+,92+/m1/s1. The Kier molecular flexibility index (Phi) is 30.7. The highest BCUT2D eigenvalue weighted by Crippen LogP contribution is 2.52. The normalized spacial score (nSPS) is 27.5. The molecule has 7 amide bonds. The van der Waals surface area contributed by atoms with Gasteiger partial charge in [-0.1, -0.05) is 71.7 Å². The lowest BCUT2D eigenvalue weighted by atomic mass is 9.89. The number of carboxylic acid groups (broad SMARTS) is 1. The quantitative estimate of drug-likeness (QED) is 0.0516. The Morgan fingerprint density at radius 1 is 0.455 bits per heavy atom. The first-order valence-electron chi connectivity index (χ1n) is 44.0. The van der Waals surface area contributed by atoms with Gasteiger partial charge >= 0.3 is 18.7 Å². The number of nitrogens with one attached hydrogen (secondary N) is 9. The van der Waals surface area contributed by atoms with E-state index in [1.54, 1.807) is 0 Å². The minimum Gasteiger partial charge on any atom is -0.508 e. The van der Waals surface area contributed by atoms with Crippen LogP contribution in [0.3, 0.4) is 0 Å². The highest BCUT2D eigenvalue weighted by atomic mass is 35.5. The number of benzene rings is 9. The van der Waals surface area contributed by atoms with Crippen LogP contribution in [0.2, 0.25) is 10.0 Å². The fourth-order valence-electron chi connectivity index (χ4n) is 17.4. The summed E-state index contributed by atoms with van der Waals surface area (Å²) in [6, 6.07) is 7.59. The van der Waals surface area contributed by atoms with Crippen LogP contribution in [0.4, 0.5) is 26.3 Å². The Morgan fingerprint density at radius 3 is 1.56 bits per heavy atom. The summed E-state index contributed by atoms with van der Waals surface area (Å²) in [7, 11) is 0. The van der Waals surface area contributed by atoms with E-state index in [0.29, 0.717) is 0 Å². The van der Waals surface area contributed by atoms with Crippen LogP contribution in [0.1, 0.15) is 93.3 Å². The molecule has 18 rings (SSSR count). The van der Waals surface area contributed by atoms with Crippen LogP contribution in [-0.2, 0) is 76.8 Å². The molecule has 9 aromatic rings. The zero-order valence-corrected chi connectivity index (χ0v) is 76.1. The molecule has 0 radical (unpaired) electrons. The van der Waals surface area contributed by atoms with Crippen molar-refractivity contribution in [2.45, 2.75) is 180 Å².